The smallest absolute Gasteiger partial charge is 0.164 e. The summed E-state index contributed by atoms with van der Waals surface area (Å²) in [4.78, 5) is 0. The maximum absolute atomic E-state index is 6.22. The second kappa shape index (κ2) is 5.95. The fraction of sp³-hybridized carbons (Fsp3) is 0.933. The van der Waals surface area contributed by atoms with Crippen molar-refractivity contribution in [2.45, 2.75) is 76.2 Å². The number of hydrogen-bond donors (Lipinski definition) is 0. The van der Waals surface area contributed by atoms with Gasteiger partial charge in [-0.2, -0.15) is 0 Å². The molecule has 3 rings (SSSR count). The third-order valence-corrected chi connectivity index (χ3v) is 5.47. The highest BCUT2D eigenvalue weighted by Gasteiger charge is 2.58. The largest absolute Gasteiger partial charge is 0.366 e. The number of fused-ring (bicyclic) bond motifs is 1. The Bertz CT molecular complexity index is 453. The molecule has 0 bridgehead atoms. The molecular formula is C15H24O5S2. The molecule has 0 aliphatic carbocycles. The van der Waals surface area contributed by atoms with Gasteiger partial charge < -0.3 is 23.7 Å². The molecule has 3 aliphatic rings. The number of ether oxygens (including phenoxy) is 5. The standard InChI is InChI=1S/C15H24O5S2/c1-14(2)16-7-9(18-14)11-13-12(19-15(3,4)20-13)8(17-11)6-10(21)22-5/h8-9,11-13H,6-7H2,1-5H3/t8-,9+,11+,12+,13-/m0/s1. The lowest BCUT2D eigenvalue weighted by Crippen LogP contribution is -2.40. The van der Waals surface area contributed by atoms with E-state index in [1.54, 1.807) is 11.8 Å². The number of thiocarbonyl (C=S) groups is 1. The van der Waals surface area contributed by atoms with Crippen LogP contribution in [0.1, 0.15) is 34.1 Å². The van der Waals surface area contributed by atoms with E-state index in [1.165, 1.54) is 0 Å². The first-order chi connectivity index (χ1) is 10.2. The van der Waals surface area contributed by atoms with Crippen molar-refractivity contribution in [1.82, 2.24) is 0 Å². The van der Waals surface area contributed by atoms with Gasteiger partial charge in [0.2, 0.25) is 0 Å². The fourth-order valence-corrected chi connectivity index (χ4v) is 3.80. The van der Waals surface area contributed by atoms with Gasteiger partial charge in [-0.1, -0.05) is 12.2 Å². The van der Waals surface area contributed by atoms with E-state index in [0.29, 0.717) is 13.0 Å². The lowest BCUT2D eigenvalue weighted by atomic mass is 10.0. The van der Waals surface area contributed by atoms with Crippen molar-refractivity contribution in [3.8, 4) is 0 Å². The molecule has 0 aromatic heterocycles. The molecule has 3 heterocycles. The SMILES string of the molecule is CSC(=S)C[C@@H]1O[C@H]([C@H]2COC(C)(C)O2)[C@@H]2OC(C)(C)O[C@@H]21. The minimum Gasteiger partial charge on any atom is -0.366 e. The molecule has 7 heteroatoms. The minimum absolute atomic E-state index is 0.0935. The fourth-order valence-electron chi connectivity index (χ4n) is 3.30. The van der Waals surface area contributed by atoms with Crippen LogP contribution in [0.25, 0.3) is 0 Å². The van der Waals surface area contributed by atoms with Crippen LogP contribution in [0.15, 0.2) is 0 Å². The van der Waals surface area contributed by atoms with Crippen LogP contribution in [0.5, 0.6) is 0 Å². The Morgan fingerprint density at radius 3 is 2.32 bits per heavy atom. The maximum atomic E-state index is 6.22. The van der Waals surface area contributed by atoms with Crippen LogP contribution >= 0.6 is 24.0 Å². The predicted molar refractivity (Wildman–Crippen MR) is 88.1 cm³/mol. The highest BCUT2D eigenvalue weighted by Crippen LogP contribution is 2.43. The van der Waals surface area contributed by atoms with Crippen LogP contribution < -0.4 is 0 Å². The van der Waals surface area contributed by atoms with Gasteiger partial charge in [0.05, 0.1) is 16.9 Å². The monoisotopic (exact) mass is 348 g/mol. The molecule has 22 heavy (non-hydrogen) atoms. The molecule has 126 valence electrons. The Kier molecular flexibility index (Phi) is 4.62. The summed E-state index contributed by atoms with van der Waals surface area (Å²) in [5.74, 6) is -1.18. The summed E-state index contributed by atoms with van der Waals surface area (Å²) in [7, 11) is 0. The van der Waals surface area contributed by atoms with E-state index in [2.05, 4.69) is 0 Å². The third-order valence-electron chi connectivity index (χ3n) is 4.18. The molecule has 3 aliphatic heterocycles. The Labute approximate surface area is 141 Å². The Morgan fingerprint density at radius 1 is 1.05 bits per heavy atom. The van der Waals surface area contributed by atoms with Crippen molar-refractivity contribution in [1.29, 1.82) is 0 Å². The summed E-state index contributed by atoms with van der Waals surface area (Å²) < 4.78 is 30.9. The van der Waals surface area contributed by atoms with Gasteiger partial charge in [-0.25, -0.2) is 0 Å². The van der Waals surface area contributed by atoms with E-state index in [9.17, 15) is 0 Å². The van der Waals surface area contributed by atoms with Gasteiger partial charge in [0.15, 0.2) is 11.6 Å². The van der Waals surface area contributed by atoms with Crippen molar-refractivity contribution >= 4 is 28.2 Å². The molecule has 3 saturated heterocycles. The van der Waals surface area contributed by atoms with Crippen molar-refractivity contribution in [2.75, 3.05) is 12.9 Å². The second-order valence-corrected chi connectivity index (χ2v) is 8.50. The zero-order valence-electron chi connectivity index (χ0n) is 13.7. The highest BCUT2D eigenvalue weighted by molar-refractivity contribution is 8.22. The van der Waals surface area contributed by atoms with Crippen molar-refractivity contribution in [3.63, 3.8) is 0 Å². The Hall–Kier alpha value is 0.240. The van der Waals surface area contributed by atoms with Crippen LogP contribution in [0.4, 0.5) is 0 Å². The molecule has 0 radical (unpaired) electrons. The second-order valence-electron chi connectivity index (χ2n) is 6.85. The molecule has 0 unspecified atom stereocenters. The van der Waals surface area contributed by atoms with Crippen LogP contribution in [-0.2, 0) is 23.7 Å². The minimum atomic E-state index is -0.606. The van der Waals surface area contributed by atoms with E-state index in [4.69, 9.17) is 35.9 Å². The van der Waals surface area contributed by atoms with Crippen LogP contribution in [0.3, 0.4) is 0 Å². The molecule has 0 N–H and O–H groups in total. The first kappa shape index (κ1) is 17.1. The first-order valence-electron chi connectivity index (χ1n) is 7.60. The average Bonchev–Trinajstić information content (AvgIpc) is 3.01. The summed E-state index contributed by atoms with van der Waals surface area (Å²) in [5, 5.41) is 0. The molecule has 5 nitrogen and oxygen atoms in total. The quantitative estimate of drug-likeness (QED) is 0.726. The molecule has 3 fully saturated rings. The van der Waals surface area contributed by atoms with E-state index in [0.717, 1.165) is 4.20 Å². The number of hydrogen-bond acceptors (Lipinski definition) is 7. The zero-order chi connectivity index (χ0) is 16.1. The van der Waals surface area contributed by atoms with Gasteiger partial charge in [-0.3, -0.25) is 0 Å². The van der Waals surface area contributed by atoms with Gasteiger partial charge in [0.1, 0.15) is 24.4 Å². The van der Waals surface area contributed by atoms with Crippen LogP contribution in [-0.4, -0.2) is 59.2 Å². The van der Waals surface area contributed by atoms with Gasteiger partial charge in [-0.15, -0.1) is 11.8 Å². The third kappa shape index (κ3) is 3.36. The Balaban J connectivity index is 1.75. The summed E-state index contributed by atoms with van der Waals surface area (Å²) in [5.41, 5.74) is 0. The van der Waals surface area contributed by atoms with Gasteiger partial charge in [-0.05, 0) is 34.0 Å². The van der Waals surface area contributed by atoms with Crippen molar-refractivity contribution in [2.24, 2.45) is 0 Å². The van der Waals surface area contributed by atoms with Crippen LogP contribution in [0.2, 0.25) is 0 Å². The molecule has 0 aromatic carbocycles. The van der Waals surface area contributed by atoms with Gasteiger partial charge in [0.25, 0.3) is 0 Å². The summed E-state index contributed by atoms with van der Waals surface area (Å²) in [6.07, 6.45) is 1.98. The van der Waals surface area contributed by atoms with Crippen LogP contribution in [0, 0.1) is 0 Å². The van der Waals surface area contributed by atoms with Crippen molar-refractivity contribution in [3.05, 3.63) is 0 Å². The molecule has 0 saturated carbocycles. The molecule has 5 atom stereocenters. The predicted octanol–water partition coefficient (Wildman–Crippen LogP) is 2.51. The summed E-state index contributed by atoms with van der Waals surface area (Å²) in [6, 6.07) is 0. The lowest BCUT2D eigenvalue weighted by molar-refractivity contribution is -0.205. The molecule has 0 aromatic rings. The van der Waals surface area contributed by atoms with Crippen molar-refractivity contribution < 1.29 is 23.7 Å². The summed E-state index contributed by atoms with van der Waals surface area (Å²) in [6.45, 7) is 8.19. The average molecular weight is 348 g/mol. The number of rotatable bonds is 3. The van der Waals surface area contributed by atoms with E-state index in [1.807, 2.05) is 34.0 Å². The molecule has 0 amide bonds. The summed E-state index contributed by atoms with van der Waals surface area (Å²) >= 11 is 6.93. The normalized spacial score (nSPS) is 42.5. The van der Waals surface area contributed by atoms with Gasteiger partial charge in [0, 0.05) is 6.42 Å². The van der Waals surface area contributed by atoms with E-state index < -0.39 is 11.6 Å². The van der Waals surface area contributed by atoms with E-state index >= 15 is 0 Å². The van der Waals surface area contributed by atoms with E-state index in [-0.39, 0.29) is 30.5 Å². The highest BCUT2D eigenvalue weighted by atomic mass is 32.2. The lowest BCUT2D eigenvalue weighted by Gasteiger charge is -2.27. The topological polar surface area (TPSA) is 46.2 Å². The molecule has 0 spiro atoms. The van der Waals surface area contributed by atoms with Gasteiger partial charge >= 0.3 is 0 Å². The molecular weight excluding hydrogens is 324 g/mol. The Morgan fingerprint density at radius 2 is 1.73 bits per heavy atom. The first-order valence-corrected chi connectivity index (χ1v) is 9.24. The zero-order valence-corrected chi connectivity index (χ0v) is 15.3. The maximum Gasteiger partial charge on any atom is 0.164 e. The number of thioether (sulfide) groups is 1.